The van der Waals surface area contributed by atoms with Crippen molar-refractivity contribution in [1.82, 2.24) is 9.80 Å². The summed E-state index contributed by atoms with van der Waals surface area (Å²) in [5.74, 6) is -0.990. The molecule has 2 aromatic rings. The zero-order chi connectivity index (χ0) is 29.3. The quantitative estimate of drug-likeness (QED) is 0.509. The predicted molar refractivity (Wildman–Crippen MR) is 132 cm³/mol. The number of likely N-dealkylation sites (N-methyl/N-ethyl adjacent to an activating group) is 1. The van der Waals surface area contributed by atoms with E-state index < -0.39 is 47.7 Å². The average Bonchev–Trinajstić information content (AvgIpc) is 3.43. The topological polar surface area (TPSA) is 40.6 Å². The highest BCUT2D eigenvalue weighted by molar-refractivity contribution is 5.91. The molecule has 4 nitrogen and oxygen atoms in total. The number of fused-ring (bicyclic) bond motifs is 3. The van der Waals surface area contributed by atoms with Crippen molar-refractivity contribution in [3.63, 3.8) is 0 Å². The van der Waals surface area contributed by atoms with Gasteiger partial charge in [0.2, 0.25) is 17.5 Å². The Morgan fingerprint density at radius 2 is 1.92 bits per heavy atom. The first-order valence-corrected chi connectivity index (χ1v) is 12.6. The number of carbonyl (C=O) groups excluding carboxylic acids is 2. The summed E-state index contributed by atoms with van der Waals surface area (Å²) in [6, 6.07) is 10.5. The van der Waals surface area contributed by atoms with Crippen LogP contribution in [0.5, 0.6) is 0 Å². The second kappa shape index (κ2) is 8.84. The number of amides is 2. The molecule has 2 saturated heterocycles. The van der Waals surface area contributed by atoms with Gasteiger partial charge in [0, 0.05) is 35.5 Å². The molecule has 1 aliphatic carbocycles. The minimum absolute atomic E-state index is 0.0193. The van der Waals surface area contributed by atoms with E-state index in [-0.39, 0.29) is 18.9 Å². The smallest absolute Gasteiger partial charge is 0.337 e. The van der Waals surface area contributed by atoms with Crippen LogP contribution in [0.3, 0.4) is 0 Å². The van der Waals surface area contributed by atoms with E-state index in [1.165, 1.54) is 12.1 Å². The van der Waals surface area contributed by atoms with Crippen LogP contribution < -0.4 is 0 Å². The first kappa shape index (κ1) is 22.1. The molecule has 5 rings (SSSR count). The molecule has 2 aliphatic heterocycles. The first-order chi connectivity index (χ1) is 18.6. The van der Waals surface area contributed by atoms with Crippen LogP contribution in [0.15, 0.2) is 42.5 Å². The normalized spacial score (nSPS) is 28.7. The minimum atomic E-state index is -5.07. The summed E-state index contributed by atoms with van der Waals surface area (Å²) in [7, 11) is 0. The lowest BCUT2D eigenvalue weighted by molar-refractivity contribution is -0.228. The lowest BCUT2D eigenvalue weighted by atomic mass is 9.63. The fourth-order valence-electron chi connectivity index (χ4n) is 6.58. The van der Waals surface area contributed by atoms with Crippen molar-refractivity contribution in [2.75, 3.05) is 13.5 Å². The number of alkyl halides is 4. The molecule has 2 aromatic carbocycles. The van der Waals surface area contributed by atoms with Gasteiger partial charge in [-0.05, 0) is 68.2 Å². The number of benzene rings is 2. The molecule has 0 radical (unpaired) electrons. The number of aryl methyl sites for hydroxylation is 2. The van der Waals surface area contributed by atoms with Gasteiger partial charge in [-0.15, -0.1) is 0 Å². The number of likely N-dealkylation sites (tertiary alicyclic amines) is 2. The highest BCUT2D eigenvalue weighted by Crippen LogP contribution is 2.51. The summed E-state index contributed by atoms with van der Waals surface area (Å²) in [5, 5.41) is 0. The molecule has 8 heteroatoms. The third kappa shape index (κ3) is 4.12. The zero-order valence-electron chi connectivity index (χ0n) is 23.9. The van der Waals surface area contributed by atoms with Crippen molar-refractivity contribution < 1.29 is 31.3 Å². The van der Waals surface area contributed by atoms with Crippen molar-refractivity contribution >= 4 is 11.8 Å². The molecule has 198 valence electrons. The Hall–Kier alpha value is -2.90. The SMILES string of the molecule is [2H]C([2H])([2H])N1C(=O)CC[C@H]1C(=O)N1CCC2(Cc3cccc(C)c3)c3ccc(C(C)(F)C(F)(F)F)cc3CCC12. The van der Waals surface area contributed by atoms with E-state index in [0.29, 0.717) is 44.7 Å². The molecule has 0 N–H and O–H groups in total. The van der Waals surface area contributed by atoms with Crippen LogP contribution in [0.1, 0.15) is 64.5 Å². The first-order valence-electron chi connectivity index (χ1n) is 14.1. The molecular weight excluding hydrogens is 484 g/mol. The van der Waals surface area contributed by atoms with Crippen LogP contribution in [-0.2, 0) is 33.5 Å². The van der Waals surface area contributed by atoms with Gasteiger partial charge in [-0.1, -0.05) is 48.0 Å². The molecule has 37 heavy (non-hydrogen) atoms. The zero-order valence-corrected chi connectivity index (χ0v) is 20.9. The monoisotopic (exact) mass is 519 g/mol. The van der Waals surface area contributed by atoms with Gasteiger partial charge in [-0.2, -0.15) is 13.2 Å². The van der Waals surface area contributed by atoms with Crippen LogP contribution in [0.2, 0.25) is 0 Å². The number of carbonyl (C=O) groups is 2. The number of halogens is 4. The van der Waals surface area contributed by atoms with E-state index in [1.54, 1.807) is 11.0 Å². The maximum Gasteiger partial charge on any atom is 0.426 e. The lowest BCUT2D eigenvalue weighted by Gasteiger charge is -2.44. The number of hydrogen-bond acceptors (Lipinski definition) is 2. The number of rotatable bonds is 4. The molecule has 4 atom stereocenters. The molecule has 0 spiro atoms. The third-order valence-electron chi connectivity index (χ3n) is 8.60. The van der Waals surface area contributed by atoms with Gasteiger partial charge < -0.3 is 9.80 Å². The molecular formula is C29H32F4N2O2. The molecule has 2 amide bonds. The minimum Gasteiger partial charge on any atom is -0.337 e. The Kier molecular flexibility index (Phi) is 5.29. The Labute approximate surface area is 218 Å². The Balaban J connectivity index is 1.56. The van der Waals surface area contributed by atoms with E-state index in [9.17, 15) is 27.2 Å². The second-order valence-corrected chi connectivity index (χ2v) is 10.8. The number of nitrogens with zero attached hydrogens (tertiary/aromatic N) is 2. The standard InChI is InChI=1S/C29H32F4N2O2/c1-18-5-4-6-19(15-18)17-28-13-14-35(26(37)23-10-12-25(36)34(23)3)24(28)11-7-20-16-21(8-9-22(20)28)27(2,30)29(31,32)33/h4-6,8-9,15-16,23-24H,7,10-14,17H2,1-3H3/t23-,24?,27?,28?/m0/s1/i3D3. The molecule has 2 fully saturated rings. The van der Waals surface area contributed by atoms with E-state index in [4.69, 9.17) is 4.11 Å². The summed E-state index contributed by atoms with van der Waals surface area (Å²) in [6.45, 7) is 0.0706. The van der Waals surface area contributed by atoms with Crippen molar-refractivity contribution in [3.8, 4) is 0 Å². The van der Waals surface area contributed by atoms with Gasteiger partial charge in [0.05, 0.1) is 0 Å². The van der Waals surface area contributed by atoms with Crippen LogP contribution in [0.25, 0.3) is 0 Å². The van der Waals surface area contributed by atoms with Gasteiger partial charge in [0.1, 0.15) is 6.04 Å². The average molecular weight is 520 g/mol. The number of hydrogen-bond donors (Lipinski definition) is 0. The van der Waals surface area contributed by atoms with Crippen molar-refractivity contribution in [2.24, 2.45) is 0 Å². The molecule has 2 heterocycles. The van der Waals surface area contributed by atoms with Crippen LogP contribution in [-0.4, -0.2) is 53.4 Å². The van der Waals surface area contributed by atoms with E-state index >= 15 is 0 Å². The van der Waals surface area contributed by atoms with Crippen LogP contribution in [0.4, 0.5) is 17.6 Å². The Morgan fingerprint density at radius 1 is 1.14 bits per heavy atom. The highest BCUT2D eigenvalue weighted by atomic mass is 19.4. The predicted octanol–water partition coefficient (Wildman–Crippen LogP) is 5.39. The molecule has 0 saturated carbocycles. The molecule has 3 aliphatic rings. The maximum atomic E-state index is 14.9. The molecule has 0 aromatic heterocycles. The van der Waals surface area contributed by atoms with Crippen molar-refractivity contribution in [2.45, 2.75) is 81.7 Å². The van der Waals surface area contributed by atoms with Crippen molar-refractivity contribution in [3.05, 3.63) is 70.3 Å². The fraction of sp³-hybridized carbons (Fsp3) is 0.517. The van der Waals surface area contributed by atoms with Gasteiger partial charge >= 0.3 is 6.18 Å². The molecule has 3 unspecified atom stereocenters. The van der Waals surface area contributed by atoms with E-state index in [1.807, 2.05) is 31.2 Å². The third-order valence-corrected chi connectivity index (χ3v) is 8.60. The second-order valence-electron chi connectivity index (χ2n) is 10.8. The highest BCUT2D eigenvalue weighted by Gasteiger charge is 2.56. The van der Waals surface area contributed by atoms with Crippen LogP contribution >= 0.6 is 0 Å². The van der Waals surface area contributed by atoms with Gasteiger partial charge in [-0.25, -0.2) is 4.39 Å². The summed E-state index contributed by atoms with van der Waals surface area (Å²) in [5.41, 5.74) is -1.16. The Morgan fingerprint density at radius 3 is 2.62 bits per heavy atom. The summed E-state index contributed by atoms with van der Waals surface area (Å²) in [4.78, 5) is 28.7. The largest absolute Gasteiger partial charge is 0.426 e. The fourth-order valence-corrected chi connectivity index (χ4v) is 6.58. The van der Waals surface area contributed by atoms with E-state index in [0.717, 1.165) is 21.6 Å². The van der Waals surface area contributed by atoms with Crippen LogP contribution in [0, 0.1) is 6.92 Å². The summed E-state index contributed by atoms with van der Waals surface area (Å²) >= 11 is 0. The van der Waals surface area contributed by atoms with Crippen molar-refractivity contribution in [1.29, 1.82) is 0 Å². The van der Waals surface area contributed by atoms with Gasteiger partial charge in [-0.3, -0.25) is 9.59 Å². The summed E-state index contributed by atoms with van der Waals surface area (Å²) < 4.78 is 78.9. The molecule has 0 bridgehead atoms. The maximum absolute atomic E-state index is 14.9. The summed E-state index contributed by atoms with van der Waals surface area (Å²) in [6.07, 6.45) is -3.18. The van der Waals surface area contributed by atoms with Gasteiger partial charge in [0.25, 0.3) is 0 Å². The van der Waals surface area contributed by atoms with Gasteiger partial charge in [0.15, 0.2) is 0 Å². The lowest BCUT2D eigenvalue weighted by Crippen LogP contribution is -2.53. The Bertz CT molecular complexity index is 1340. The van der Waals surface area contributed by atoms with E-state index in [2.05, 4.69) is 0 Å².